The van der Waals surface area contributed by atoms with Gasteiger partial charge in [-0.25, -0.2) is 8.42 Å². The molecule has 2 fully saturated rings. The molecule has 1 aromatic rings. The maximum absolute atomic E-state index is 12.9. The number of aryl methyl sites for hydroxylation is 1. The van der Waals surface area contributed by atoms with Crippen LogP contribution in [0, 0.1) is 5.92 Å². The van der Waals surface area contributed by atoms with Gasteiger partial charge in [-0.3, -0.25) is 9.59 Å². The molecule has 0 aliphatic carbocycles. The molecule has 2 aliphatic heterocycles. The number of hydrogen-bond donors (Lipinski definition) is 0. The minimum Gasteiger partial charge on any atom is -0.340 e. The number of nitrogens with zero attached hydrogens (tertiary/aromatic N) is 3. The van der Waals surface area contributed by atoms with Crippen molar-refractivity contribution in [2.45, 2.75) is 51.0 Å². The van der Waals surface area contributed by atoms with Gasteiger partial charge in [-0.15, -0.1) is 0 Å². The monoisotopic (exact) mass is 421 g/mol. The highest BCUT2D eigenvalue weighted by atomic mass is 32.2. The van der Waals surface area contributed by atoms with Crippen LogP contribution < -0.4 is 0 Å². The molecule has 3 rings (SSSR count). The summed E-state index contributed by atoms with van der Waals surface area (Å²) in [4.78, 5) is 28.9. The standard InChI is InChI=1S/C21H31N3O4S/c1-5-16-6-8-18(9-7-16)29(27,28)23-12-10-22(11-13-23)20(26)17-14-19(25)24(15-17)21(2,3)4/h6-9,17H,5,10-15H2,1-4H3. The topological polar surface area (TPSA) is 78.0 Å². The molecule has 0 radical (unpaired) electrons. The van der Waals surface area contributed by atoms with Crippen molar-refractivity contribution >= 4 is 21.8 Å². The lowest BCUT2D eigenvalue weighted by Gasteiger charge is -2.36. The van der Waals surface area contributed by atoms with E-state index in [2.05, 4.69) is 0 Å². The molecular weight excluding hydrogens is 390 g/mol. The molecule has 2 heterocycles. The number of benzene rings is 1. The molecule has 2 saturated heterocycles. The van der Waals surface area contributed by atoms with E-state index in [1.165, 1.54) is 4.31 Å². The van der Waals surface area contributed by atoms with Gasteiger partial charge in [-0.05, 0) is 44.9 Å². The van der Waals surface area contributed by atoms with E-state index < -0.39 is 10.0 Å². The summed E-state index contributed by atoms with van der Waals surface area (Å²) in [6.45, 7) is 9.61. The predicted molar refractivity (Wildman–Crippen MR) is 111 cm³/mol. The Morgan fingerprint density at radius 1 is 1.07 bits per heavy atom. The van der Waals surface area contributed by atoms with Crippen molar-refractivity contribution in [1.82, 2.24) is 14.1 Å². The average Bonchev–Trinajstić information content (AvgIpc) is 3.09. The van der Waals surface area contributed by atoms with Gasteiger partial charge in [0.05, 0.1) is 10.8 Å². The highest BCUT2D eigenvalue weighted by Gasteiger charge is 2.41. The van der Waals surface area contributed by atoms with Crippen LogP contribution in [0.1, 0.15) is 39.7 Å². The van der Waals surface area contributed by atoms with Crippen LogP contribution in [-0.4, -0.2) is 72.6 Å². The average molecular weight is 422 g/mol. The number of carbonyl (C=O) groups is 2. The van der Waals surface area contributed by atoms with Gasteiger partial charge in [0.1, 0.15) is 0 Å². The van der Waals surface area contributed by atoms with Crippen molar-refractivity contribution in [3.8, 4) is 0 Å². The van der Waals surface area contributed by atoms with Crippen molar-refractivity contribution in [2.75, 3.05) is 32.7 Å². The summed E-state index contributed by atoms with van der Waals surface area (Å²) in [5.74, 6) is -0.381. The van der Waals surface area contributed by atoms with Crippen LogP contribution in [0.3, 0.4) is 0 Å². The van der Waals surface area contributed by atoms with Crippen LogP contribution in [0.25, 0.3) is 0 Å². The van der Waals surface area contributed by atoms with Crippen LogP contribution in [0.4, 0.5) is 0 Å². The molecule has 0 spiro atoms. The Morgan fingerprint density at radius 2 is 1.66 bits per heavy atom. The summed E-state index contributed by atoms with van der Waals surface area (Å²) in [5, 5.41) is 0. The number of rotatable bonds is 4. The molecule has 29 heavy (non-hydrogen) atoms. The zero-order chi connectivity index (χ0) is 21.4. The van der Waals surface area contributed by atoms with Crippen molar-refractivity contribution in [3.05, 3.63) is 29.8 Å². The Kier molecular flexibility index (Phi) is 6.06. The first-order chi connectivity index (χ1) is 13.5. The quantitative estimate of drug-likeness (QED) is 0.742. The van der Waals surface area contributed by atoms with Crippen molar-refractivity contribution in [1.29, 1.82) is 0 Å². The lowest BCUT2D eigenvalue weighted by Crippen LogP contribution is -2.52. The summed E-state index contributed by atoms with van der Waals surface area (Å²) < 4.78 is 27.2. The van der Waals surface area contributed by atoms with Gasteiger partial charge >= 0.3 is 0 Å². The number of carbonyl (C=O) groups excluding carboxylic acids is 2. The second kappa shape index (κ2) is 8.07. The fourth-order valence-electron chi connectivity index (χ4n) is 3.97. The van der Waals surface area contributed by atoms with Crippen molar-refractivity contribution < 1.29 is 18.0 Å². The molecule has 1 unspecified atom stereocenters. The first kappa shape index (κ1) is 21.8. The maximum Gasteiger partial charge on any atom is 0.243 e. The van der Waals surface area contributed by atoms with E-state index in [0.717, 1.165) is 12.0 Å². The zero-order valence-electron chi connectivity index (χ0n) is 17.7. The minimum atomic E-state index is -3.56. The lowest BCUT2D eigenvalue weighted by atomic mass is 10.1. The number of amides is 2. The van der Waals surface area contributed by atoms with Gasteiger partial charge in [0.25, 0.3) is 0 Å². The number of hydrogen-bond acceptors (Lipinski definition) is 4. The normalized spacial score (nSPS) is 21.7. The summed E-state index contributed by atoms with van der Waals surface area (Å²) in [7, 11) is -3.56. The van der Waals surface area contributed by atoms with E-state index in [1.54, 1.807) is 21.9 Å². The summed E-state index contributed by atoms with van der Waals surface area (Å²) in [6.07, 6.45) is 1.09. The first-order valence-corrected chi connectivity index (χ1v) is 11.7. The highest BCUT2D eigenvalue weighted by molar-refractivity contribution is 7.89. The number of likely N-dealkylation sites (tertiary alicyclic amines) is 1. The van der Waals surface area contributed by atoms with Gasteiger partial charge < -0.3 is 9.80 Å². The summed E-state index contributed by atoms with van der Waals surface area (Å²) >= 11 is 0. The SMILES string of the molecule is CCc1ccc(S(=O)(=O)N2CCN(C(=O)C3CC(=O)N(C(C)(C)C)C3)CC2)cc1. The largest absolute Gasteiger partial charge is 0.340 e. The van der Waals surface area contributed by atoms with Gasteiger partial charge in [0.15, 0.2) is 0 Å². The molecule has 0 saturated carbocycles. The van der Waals surface area contributed by atoms with Crippen LogP contribution in [0.5, 0.6) is 0 Å². The Labute approximate surface area is 173 Å². The molecule has 1 aromatic carbocycles. The van der Waals surface area contributed by atoms with Crippen LogP contribution in [0.15, 0.2) is 29.2 Å². The van der Waals surface area contributed by atoms with Crippen molar-refractivity contribution in [2.24, 2.45) is 5.92 Å². The minimum absolute atomic E-state index is 0.00703. The zero-order valence-corrected chi connectivity index (χ0v) is 18.5. The fraction of sp³-hybridized carbons (Fsp3) is 0.619. The molecule has 7 nitrogen and oxygen atoms in total. The second-order valence-electron chi connectivity index (χ2n) is 8.80. The van der Waals surface area contributed by atoms with Gasteiger partial charge in [0.2, 0.25) is 21.8 Å². The molecule has 2 amide bonds. The van der Waals surface area contributed by atoms with Crippen LogP contribution >= 0.6 is 0 Å². The Bertz CT molecular complexity index is 866. The molecule has 160 valence electrons. The van der Waals surface area contributed by atoms with Crippen LogP contribution in [-0.2, 0) is 26.0 Å². The smallest absolute Gasteiger partial charge is 0.243 e. The van der Waals surface area contributed by atoms with E-state index in [1.807, 2.05) is 39.8 Å². The number of piperazine rings is 1. The third kappa shape index (κ3) is 4.48. The van der Waals surface area contributed by atoms with Gasteiger partial charge in [0, 0.05) is 44.7 Å². The molecular formula is C21H31N3O4S. The third-order valence-electron chi connectivity index (χ3n) is 5.80. The van der Waals surface area contributed by atoms with E-state index in [9.17, 15) is 18.0 Å². The Hall–Kier alpha value is -1.93. The van der Waals surface area contributed by atoms with E-state index in [0.29, 0.717) is 19.6 Å². The molecule has 8 heteroatoms. The van der Waals surface area contributed by atoms with Crippen LogP contribution in [0.2, 0.25) is 0 Å². The lowest BCUT2D eigenvalue weighted by molar-refractivity contribution is -0.137. The molecule has 1 atom stereocenters. The van der Waals surface area contributed by atoms with E-state index >= 15 is 0 Å². The van der Waals surface area contributed by atoms with E-state index in [-0.39, 0.29) is 47.7 Å². The first-order valence-electron chi connectivity index (χ1n) is 10.2. The predicted octanol–water partition coefficient (Wildman–Crippen LogP) is 1.73. The maximum atomic E-state index is 12.9. The van der Waals surface area contributed by atoms with Gasteiger partial charge in [-0.1, -0.05) is 19.1 Å². The Balaban J connectivity index is 1.61. The fourth-order valence-corrected chi connectivity index (χ4v) is 5.40. The molecule has 0 bridgehead atoms. The molecule has 2 aliphatic rings. The molecule has 0 N–H and O–H groups in total. The van der Waals surface area contributed by atoms with Crippen molar-refractivity contribution in [3.63, 3.8) is 0 Å². The Morgan fingerprint density at radius 3 is 2.14 bits per heavy atom. The second-order valence-corrected chi connectivity index (χ2v) is 10.7. The molecule has 0 aromatic heterocycles. The third-order valence-corrected chi connectivity index (χ3v) is 7.72. The van der Waals surface area contributed by atoms with E-state index in [4.69, 9.17) is 0 Å². The number of sulfonamides is 1. The summed E-state index contributed by atoms with van der Waals surface area (Å²) in [6, 6.07) is 6.98. The summed E-state index contributed by atoms with van der Waals surface area (Å²) in [5.41, 5.74) is 0.793. The van der Waals surface area contributed by atoms with Gasteiger partial charge in [-0.2, -0.15) is 4.31 Å². The highest BCUT2D eigenvalue weighted by Crippen LogP contribution is 2.28.